The van der Waals surface area contributed by atoms with Crippen LogP contribution in [0.4, 0.5) is 0 Å². The number of nitrogens with zero attached hydrogens (tertiary/aromatic N) is 2. The zero-order valence-corrected chi connectivity index (χ0v) is 17.2. The first-order valence-electron chi connectivity index (χ1n) is 10.1. The third kappa shape index (κ3) is 4.67. The molecule has 152 valence electrons. The average molecular weight is 411 g/mol. The van der Waals surface area contributed by atoms with Crippen molar-refractivity contribution in [1.82, 2.24) is 20.1 Å². The largest absolute Gasteiger partial charge is 0.354 e. The van der Waals surface area contributed by atoms with Crippen molar-refractivity contribution in [3.05, 3.63) is 70.1 Å². The summed E-state index contributed by atoms with van der Waals surface area (Å²) in [7, 11) is 0. The molecule has 29 heavy (non-hydrogen) atoms. The Bertz CT molecular complexity index is 943. The van der Waals surface area contributed by atoms with Crippen LogP contribution in [0.1, 0.15) is 23.6 Å². The first-order chi connectivity index (χ1) is 14.1. The monoisotopic (exact) mass is 410 g/mol. The Morgan fingerprint density at radius 3 is 2.69 bits per heavy atom. The Labute approximate surface area is 175 Å². The number of benzene rings is 1. The number of carbonyl (C=O) groups excluding carboxylic acids is 1. The highest BCUT2D eigenvalue weighted by atomic mass is 32.1. The lowest BCUT2D eigenvalue weighted by molar-refractivity contribution is -0.120. The quantitative estimate of drug-likeness (QED) is 0.732. The van der Waals surface area contributed by atoms with Gasteiger partial charge >= 0.3 is 0 Å². The number of nitrogens with one attached hydrogen (secondary N) is 2. The smallest absolute Gasteiger partial charge is 0.250 e. The van der Waals surface area contributed by atoms with Gasteiger partial charge in [-0.1, -0.05) is 36.4 Å². The fourth-order valence-corrected chi connectivity index (χ4v) is 4.60. The average Bonchev–Trinajstić information content (AvgIpc) is 2.73. The molecule has 6 nitrogen and oxygen atoms in total. The Hall–Kier alpha value is -2.67. The lowest BCUT2D eigenvalue weighted by atomic mass is 9.83. The fourth-order valence-electron chi connectivity index (χ4n) is 4.38. The number of piperidine rings is 1. The first kappa shape index (κ1) is 19.6. The zero-order chi connectivity index (χ0) is 20.2. The van der Waals surface area contributed by atoms with E-state index in [0.717, 1.165) is 38.2 Å². The molecule has 1 aromatic heterocycles. The summed E-state index contributed by atoms with van der Waals surface area (Å²) in [4.78, 5) is 26.4. The molecule has 7 heteroatoms. The molecule has 2 N–H and O–H groups in total. The Morgan fingerprint density at radius 1 is 1.03 bits per heavy atom. The van der Waals surface area contributed by atoms with Crippen LogP contribution in [0, 0.1) is 5.92 Å². The molecule has 2 bridgehead atoms. The van der Waals surface area contributed by atoms with Crippen LogP contribution in [0.15, 0.2) is 53.3 Å². The molecule has 0 spiro atoms. The third-order valence-corrected chi connectivity index (χ3v) is 6.15. The molecule has 1 saturated heterocycles. The molecule has 1 fully saturated rings. The van der Waals surface area contributed by atoms with Crippen molar-refractivity contribution in [2.75, 3.05) is 26.2 Å². The number of rotatable bonds is 5. The molecule has 2 aliphatic heterocycles. The lowest BCUT2D eigenvalue weighted by Crippen LogP contribution is -2.52. The lowest BCUT2D eigenvalue weighted by Gasteiger charge is -2.43. The molecular weight excluding hydrogens is 384 g/mol. The van der Waals surface area contributed by atoms with E-state index < -0.39 is 0 Å². The summed E-state index contributed by atoms with van der Waals surface area (Å²) in [6, 6.07) is 15.6. The minimum atomic E-state index is -0.0580. The second-order valence-corrected chi connectivity index (χ2v) is 8.23. The van der Waals surface area contributed by atoms with Gasteiger partial charge in [-0.05, 0) is 42.6 Å². The van der Waals surface area contributed by atoms with Gasteiger partial charge in [0.15, 0.2) is 5.11 Å². The van der Waals surface area contributed by atoms with E-state index in [4.69, 9.17) is 12.2 Å². The Balaban J connectivity index is 1.25. The molecule has 2 aliphatic rings. The van der Waals surface area contributed by atoms with Crippen molar-refractivity contribution < 1.29 is 4.79 Å². The zero-order valence-electron chi connectivity index (χ0n) is 16.3. The summed E-state index contributed by atoms with van der Waals surface area (Å²) >= 11 is 5.55. The van der Waals surface area contributed by atoms with Crippen molar-refractivity contribution in [3.8, 4) is 0 Å². The van der Waals surface area contributed by atoms with Gasteiger partial charge in [-0.3, -0.25) is 9.59 Å². The van der Waals surface area contributed by atoms with Crippen LogP contribution in [-0.2, 0) is 17.8 Å². The molecule has 2 aromatic rings. The predicted molar refractivity (Wildman–Crippen MR) is 117 cm³/mol. The van der Waals surface area contributed by atoms with Crippen LogP contribution in [0.5, 0.6) is 0 Å². The minimum absolute atomic E-state index is 0.0580. The number of aromatic nitrogens is 1. The van der Waals surface area contributed by atoms with Crippen LogP contribution in [0.25, 0.3) is 0 Å². The van der Waals surface area contributed by atoms with Gasteiger partial charge in [0.05, 0.1) is 6.54 Å². The summed E-state index contributed by atoms with van der Waals surface area (Å²) in [6.07, 6.45) is 1.90. The van der Waals surface area contributed by atoms with Crippen LogP contribution in [0.3, 0.4) is 0 Å². The van der Waals surface area contributed by atoms with Gasteiger partial charge in [0.1, 0.15) is 0 Å². The second kappa shape index (κ2) is 8.78. The number of likely N-dealkylation sites (tertiary alicyclic amines) is 1. The van der Waals surface area contributed by atoms with Crippen LogP contribution < -0.4 is 16.2 Å². The highest BCUT2D eigenvalue weighted by Gasteiger charge is 2.35. The second-order valence-electron chi connectivity index (χ2n) is 7.85. The highest BCUT2D eigenvalue weighted by molar-refractivity contribution is 7.80. The van der Waals surface area contributed by atoms with E-state index in [2.05, 4.69) is 27.7 Å². The molecule has 4 rings (SSSR count). The molecule has 3 heterocycles. The van der Waals surface area contributed by atoms with Crippen molar-refractivity contribution in [2.24, 2.45) is 5.92 Å². The Kier molecular flexibility index (Phi) is 5.94. The Morgan fingerprint density at radius 2 is 1.86 bits per heavy atom. The van der Waals surface area contributed by atoms with Crippen molar-refractivity contribution >= 4 is 23.2 Å². The molecular formula is C22H26N4O2S. The topological polar surface area (TPSA) is 66.4 Å². The number of hydrogen-bond acceptors (Lipinski definition) is 3. The number of pyridine rings is 1. The number of hydrogen-bond donors (Lipinski definition) is 2. The van der Waals surface area contributed by atoms with E-state index in [9.17, 15) is 9.59 Å². The van der Waals surface area contributed by atoms with Crippen molar-refractivity contribution in [1.29, 1.82) is 0 Å². The van der Waals surface area contributed by atoms with Crippen LogP contribution >= 0.6 is 12.2 Å². The van der Waals surface area contributed by atoms with Gasteiger partial charge in [0, 0.05) is 43.9 Å². The maximum Gasteiger partial charge on any atom is 0.250 e. The normalized spacial score (nSPS) is 19.9. The number of amides is 1. The maximum atomic E-state index is 12.1. The summed E-state index contributed by atoms with van der Waals surface area (Å²) in [5, 5.41) is 6.65. The predicted octanol–water partition coefficient (Wildman–Crippen LogP) is 1.50. The highest BCUT2D eigenvalue weighted by Crippen LogP contribution is 2.34. The number of thiocarbonyl (C=S) groups is 1. The molecule has 1 aromatic carbocycles. The first-order valence-corrected chi connectivity index (χ1v) is 10.5. The van der Waals surface area contributed by atoms with E-state index in [1.165, 1.54) is 5.56 Å². The standard InChI is InChI=1S/C22H26N4O2S/c27-20(23-10-9-16-5-2-1-3-6-16)12-24-22(29)25-13-17-11-18(15-25)19-7-4-8-21(28)26(19)14-17/h1-8,17-18H,9-15H2,(H,23,27)(H,24,29). The summed E-state index contributed by atoms with van der Waals surface area (Å²) in [5.41, 5.74) is 2.38. The summed E-state index contributed by atoms with van der Waals surface area (Å²) in [6.45, 7) is 3.12. The van der Waals surface area contributed by atoms with Crippen molar-refractivity contribution in [3.63, 3.8) is 0 Å². The van der Waals surface area contributed by atoms with Gasteiger partial charge in [-0.15, -0.1) is 0 Å². The van der Waals surface area contributed by atoms with E-state index >= 15 is 0 Å². The van der Waals surface area contributed by atoms with Crippen molar-refractivity contribution in [2.45, 2.75) is 25.3 Å². The van der Waals surface area contributed by atoms with Gasteiger partial charge < -0.3 is 20.1 Å². The summed E-state index contributed by atoms with van der Waals surface area (Å²) in [5.74, 6) is 0.647. The third-order valence-electron chi connectivity index (χ3n) is 5.75. The van der Waals surface area contributed by atoms with E-state index in [1.54, 1.807) is 6.07 Å². The van der Waals surface area contributed by atoms with E-state index in [0.29, 0.717) is 23.5 Å². The van der Waals surface area contributed by atoms with E-state index in [-0.39, 0.29) is 18.0 Å². The molecule has 2 atom stereocenters. The maximum absolute atomic E-state index is 12.1. The summed E-state index contributed by atoms with van der Waals surface area (Å²) < 4.78 is 1.91. The molecule has 2 unspecified atom stereocenters. The molecule has 0 saturated carbocycles. The molecule has 0 aliphatic carbocycles. The number of carbonyl (C=O) groups is 1. The molecule has 1 amide bonds. The SMILES string of the molecule is O=C(CNC(=S)N1CC2CC(C1)c1cccc(=O)n1C2)NCCc1ccccc1. The van der Waals surface area contributed by atoms with Crippen LogP contribution in [0.2, 0.25) is 0 Å². The van der Waals surface area contributed by atoms with Gasteiger partial charge in [0.2, 0.25) is 5.91 Å². The fraction of sp³-hybridized carbons (Fsp3) is 0.409. The van der Waals surface area contributed by atoms with E-state index in [1.807, 2.05) is 34.9 Å². The van der Waals surface area contributed by atoms with Gasteiger partial charge in [0.25, 0.3) is 5.56 Å². The minimum Gasteiger partial charge on any atom is -0.354 e. The molecule has 0 radical (unpaired) electrons. The van der Waals surface area contributed by atoms with Crippen LogP contribution in [-0.4, -0.2) is 46.7 Å². The van der Waals surface area contributed by atoms with Gasteiger partial charge in [-0.25, -0.2) is 0 Å². The number of fused-ring (bicyclic) bond motifs is 4. The van der Waals surface area contributed by atoms with Gasteiger partial charge in [-0.2, -0.15) is 0 Å².